The average molecular weight is 272 g/mol. The SMILES string of the molecule is O=[N+](O)CC(c1ccc(Cl)cc1)N1CCOCC1. The predicted octanol–water partition coefficient (Wildman–Crippen LogP) is 1.88. The fraction of sp³-hybridized carbons (Fsp3) is 0.500. The molecule has 1 aromatic rings. The molecule has 1 unspecified atom stereocenters. The van der Waals surface area contributed by atoms with E-state index in [0.29, 0.717) is 18.2 Å². The molecule has 0 amide bonds. The van der Waals surface area contributed by atoms with Crippen molar-refractivity contribution < 1.29 is 14.9 Å². The fourth-order valence-electron chi connectivity index (χ4n) is 2.15. The highest BCUT2D eigenvalue weighted by atomic mass is 35.5. The van der Waals surface area contributed by atoms with Crippen LogP contribution in [0, 0.1) is 4.91 Å². The molecule has 0 saturated carbocycles. The Hall–Kier alpha value is -1.17. The topological polar surface area (TPSA) is 52.8 Å². The van der Waals surface area contributed by atoms with E-state index >= 15 is 0 Å². The van der Waals surface area contributed by atoms with Crippen molar-refractivity contribution in [1.29, 1.82) is 0 Å². The van der Waals surface area contributed by atoms with Crippen LogP contribution in [-0.4, -0.2) is 47.9 Å². The zero-order valence-electron chi connectivity index (χ0n) is 9.96. The van der Waals surface area contributed by atoms with Gasteiger partial charge in [0.1, 0.15) is 6.04 Å². The summed E-state index contributed by atoms with van der Waals surface area (Å²) in [5.74, 6) is 0. The maximum absolute atomic E-state index is 10.9. The summed E-state index contributed by atoms with van der Waals surface area (Å²) in [7, 11) is 0. The van der Waals surface area contributed by atoms with Gasteiger partial charge >= 0.3 is 0 Å². The first-order valence-corrected chi connectivity index (χ1v) is 6.25. The van der Waals surface area contributed by atoms with E-state index in [0.717, 1.165) is 18.7 Å². The lowest BCUT2D eigenvalue weighted by Crippen LogP contribution is -2.41. The lowest BCUT2D eigenvalue weighted by molar-refractivity contribution is -0.793. The molecule has 0 aliphatic carbocycles. The van der Waals surface area contributed by atoms with Crippen molar-refractivity contribution in [2.24, 2.45) is 0 Å². The van der Waals surface area contributed by atoms with Crippen molar-refractivity contribution in [3.8, 4) is 0 Å². The number of nitrogens with zero attached hydrogens (tertiary/aromatic N) is 2. The Bertz CT molecular complexity index is 404. The van der Waals surface area contributed by atoms with E-state index in [1.807, 2.05) is 12.1 Å². The smallest absolute Gasteiger partial charge is 0.267 e. The molecular formula is C12H16ClN2O3+. The zero-order valence-corrected chi connectivity index (χ0v) is 10.7. The Morgan fingerprint density at radius 1 is 1.33 bits per heavy atom. The lowest BCUT2D eigenvalue weighted by Gasteiger charge is -2.31. The molecule has 0 aromatic heterocycles. The average Bonchev–Trinajstić information content (AvgIpc) is 2.38. The van der Waals surface area contributed by atoms with Crippen LogP contribution in [0.4, 0.5) is 0 Å². The van der Waals surface area contributed by atoms with Crippen molar-refractivity contribution in [3.05, 3.63) is 39.8 Å². The predicted molar refractivity (Wildman–Crippen MR) is 66.9 cm³/mol. The number of halogens is 1. The van der Waals surface area contributed by atoms with Gasteiger partial charge in [0.15, 0.2) is 0 Å². The molecule has 1 aromatic carbocycles. The first kappa shape index (κ1) is 13.3. The van der Waals surface area contributed by atoms with Gasteiger partial charge in [0, 0.05) is 18.1 Å². The lowest BCUT2D eigenvalue weighted by atomic mass is 10.1. The van der Waals surface area contributed by atoms with Gasteiger partial charge < -0.3 is 4.74 Å². The molecule has 1 atom stereocenters. The van der Waals surface area contributed by atoms with Crippen molar-refractivity contribution >= 4 is 11.6 Å². The third-order valence-electron chi connectivity index (χ3n) is 3.07. The highest BCUT2D eigenvalue weighted by Gasteiger charge is 2.28. The Labute approximate surface area is 110 Å². The third kappa shape index (κ3) is 3.41. The highest BCUT2D eigenvalue weighted by molar-refractivity contribution is 6.30. The summed E-state index contributed by atoms with van der Waals surface area (Å²) in [5.41, 5.74) is 0.969. The van der Waals surface area contributed by atoms with E-state index in [1.54, 1.807) is 12.1 Å². The van der Waals surface area contributed by atoms with Crippen LogP contribution in [0.15, 0.2) is 24.3 Å². The van der Waals surface area contributed by atoms with E-state index in [4.69, 9.17) is 21.5 Å². The second-order valence-corrected chi connectivity index (χ2v) is 4.69. The van der Waals surface area contributed by atoms with E-state index in [2.05, 4.69) is 4.90 Å². The van der Waals surface area contributed by atoms with E-state index in [-0.39, 0.29) is 17.5 Å². The third-order valence-corrected chi connectivity index (χ3v) is 3.32. The Kier molecular flexibility index (Phi) is 4.52. The maximum Gasteiger partial charge on any atom is 0.267 e. The standard InChI is InChI=1S/C12H16ClN2O3/c13-11-3-1-10(2-4-11)12(9-15(16)17)14-5-7-18-8-6-14/h1-4,12H,5-9H2,(H,16,17)/q+1. The van der Waals surface area contributed by atoms with Crippen molar-refractivity contribution in [3.63, 3.8) is 0 Å². The quantitative estimate of drug-likeness (QED) is 0.850. The number of hydrogen-bond acceptors (Lipinski definition) is 3. The van der Waals surface area contributed by atoms with Crippen molar-refractivity contribution in [1.82, 2.24) is 4.90 Å². The van der Waals surface area contributed by atoms with Gasteiger partial charge in [0.05, 0.1) is 18.1 Å². The van der Waals surface area contributed by atoms with Crippen LogP contribution < -0.4 is 0 Å². The normalized spacial score (nSPS) is 18.5. The molecule has 1 fully saturated rings. The molecule has 0 radical (unpaired) electrons. The van der Waals surface area contributed by atoms with Crippen LogP contribution in [0.1, 0.15) is 11.6 Å². The fourth-order valence-corrected chi connectivity index (χ4v) is 2.28. The Morgan fingerprint density at radius 3 is 2.50 bits per heavy atom. The monoisotopic (exact) mass is 271 g/mol. The van der Waals surface area contributed by atoms with E-state index < -0.39 is 0 Å². The number of morpholine rings is 1. The van der Waals surface area contributed by atoms with Gasteiger partial charge in [-0.25, -0.2) is 5.21 Å². The molecular weight excluding hydrogens is 256 g/mol. The van der Waals surface area contributed by atoms with Crippen LogP contribution in [0.3, 0.4) is 0 Å². The molecule has 18 heavy (non-hydrogen) atoms. The minimum absolute atomic E-state index is 0.0155. The summed E-state index contributed by atoms with van der Waals surface area (Å²) in [6.45, 7) is 2.81. The van der Waals surface area contributed by atoms with Crippen molar-refractivity contribution in [2.75, 3.05) is 32.8 Å². The van der Waals surface area contributed by atoms with Crippen LogP contribution in [0.5, 0.6) is 0 Å². The maximum atomic E-state index is 10.9. The van der Waals surface area contributed by atoms with Gasteiger partial charge in [-0.2, -0.15) is 0 Å². The van der Waals surface area contributed by atoms with Gasteiger partial charge in [-0.05, 0) is 17.7 Å². The summed E-state index contributed by atoms with van der Waals surface area (Å²) in [5, 5.41) is 9.62. The summed E-state index contributed by atoms with van der Waals surface area (Å²) >= 11 is 5.85. The molecule has 2 rings (SSSR count). The van der Waals surface area contributed by atoms with Crippen LogP contribution in [0.2, 0.25) is 5.02 Å². The molecule has 98 valence electrons. The molecule has 6 heteroatoms. The number of benzene rings is 1. The molecule has 1 saturated heterocycles. The summed E-state index contributed by atoms with van der Waals surface area (Å²) < 4.78 is 5.29. The largest absolute Gasteiger partial charge is 0.379 e. The zero-order chi connectivity index (χ0) is 13.0. The van der Waals surface area contributed by atoms with E-state index in [9.17, 15) is 4.91 Å². The minimum atomic E-state index is -0.145. The Balaban J connectivity index is 2.17. The molecule has 1 aliphatic rings. The Morgan fingerprint density at radius 2 is 1.94 bits per heavy atom. The highest BCUT2D eigenvalue weighted by Crippen LogP contribution is 2.23. The minimum Gasteiger partial charge on any atom is -0.379 e. The summed E-state index contributed by atoms with van der Waals surface area (Å²) in [6.07, 6.45) is 0. The second-order valence-electron chi connectivity index (χ2n) is 4.25. The molecule has 0 spiro atoms. The van der Waals surface area contributed by atoms with Gasteiger partial charge in [-0.1, -0.05) is 23.7 Å². The summed E-state index contributed by atoms with van der Waals surface area (Å²) in [4.78, 5) is 13.0. The number of ether oxygens (including phenoxy) is 1. The molecule has 1 N–H and O–H groups in total. The number of hydrogen-bond donors (Lipinski definition) is 1. The van der Waals surface area contributed by atoms with Crippen molar-refractivity contribution in [2.45, 2.75) is 6.04 Å². The van der Waals surface area contributed by atoms with E-state index in [1.165, 1.54) is 0 Å². The van der Waals surface area contributed by atoms with Crippen LogP contribution in [-0.2, 0) is 4.74 Å². The second kappa shape index (κ2) is 6.13. The molecule has 5 nitrogen and oxygen atoms in total. The molecule has 0 bridgehead atoms. The van der Waals surface area contributed by atoms with Crippen LogP contribution >= 0.6 is 11.6 Å². The van der Waals surface area contributed by atoms with Gasteiger partial charge in [0.25, 0.3) is 6.54 Å². The first-order valence-electron chi connectivity index (χ1n) is 5.87. The van der Waals surface area contributed by atoms with Gasteiger partial charge in [-0.3, -0.25) is 4.90 Å². The molecule has 1 heterocycles. The van der Waals surface area contributed by atoms with Gasteiger partial charge in [0.2, 0.25) is 4.92 Å². The van der Waals surface area contributed by atoms with Gasteiger partial charge in [-0.15, -0.1) is 0 Å². The first-order chi connectivity index (χ1) is 8.66. The summed E-state index contributed by atoms with van der Waals surface area (Å²) in [6, 6.07) is 7.19. The van der Waals surface area contributed by atoms with Crippen LogP contribution in [0.25, 0.3) is 0 Å². The number of rotatable bonds is 4. The molecule has 1 aliphatic heterocycles.